The molecular weight excluding hydrogens is 110 g/mol. The van der Waals surface area contributed by atoms with Crippen LogP contribution in [0.5, 0.6) is 0 Å². The molecule has 1 radical (unpaired) electrons. The van der Waals surface area contributed by atoms with Crippen LogP contribution in [0.25, 0.3) is 0 Å². The normalized spacial score (nSPS) is 25.1. The van der Waals surface area contributed by atoms with E-state index >= 15 is 0 Å². The molecule has 0 unspecified atom stereocenters. The number of hydrogen-bond acceptors (Lipinski definition) is 1. The van der Waals surface area contributed by atoms with Gasteiger partial charge < -0.3 is 4.90 Å². The fraction of sp³-hybridized carbons (Fsp3) is 0.500. The predicted molar refractivity (Wildman–Crippen MR) is 36.7 cm³/mol. The molecule has 47 valence electrons. The van der Waals surface area contributed by atoms with Crippen molar-refractivity contribution in [3.05, 3.63) is 24.4 Å². The third kappa shape index (κ3) is 0.995. The van der Waals surface area contributed by atoms with E-state index in [1.165, 1.54) is 12.8 Å². The smallest absolute Gasteiger partial charge is 0.0360 e. The molecule has 1 aliphatic heterocycles. The topological polar surface area (TPSA) is 3.24 Å². The van der Waals surface area contributed by atoms with Crippen LogP contribution in [-0.2, 0) is 0 Å². The van der Waals surface area contributed by atoms with Crippen molar-refractivity contribution in [3.63, 3.8) is 0 Å². The van der Waals surface area contributed by atoms with Crippen molar-refractivity contribution in [2.45, 2.75) is 18.9 Å². The molecule has 1 fully saturated rings. The summed E-state index contributed by atoms with van der Waals surface area (Å²) in [4.78, 5) is 2.35. The van der Waals surface area contributed by atoms with Crippen LogP contribution >= 0.6 is 0 Å². The van der Waals surface area contributed by atoms with Gasteiger partial charge in [-0.1, -0.05) is 12.2 Å². The van der Waals surface area contributed by atoms with Crippen molar-refractivity contribution in [1.29, 1.82) is 0 Å². The van der Waals surface area contributed by atoms with Crippen LogP contribution in [-0.4, -0.2) is 17.5 Å². The Morgan fingerprint density at radius 3 is 2.89 bits per heavy atom. The lowest BCUT2D eigenvalue weighted by molar-refractivity contribution is 0.400. The Kier molecular flexibility index (Phi) is 1.08. The molecule has 2 rings (SSSR count). The Bertz CT molecular complexity index is 154. The van der Waals surface area contributed by atoms with Crippen molar-refractivity contribution in [1.82, 2.24) is 4.90 Å². The minimum atomic E-state index is 0.849. The lowest BCUT2D eigenvalue weighted by Gasteiger charge is -2.18. The standard InChI is InChI=1S/C8H10N/c1-2-6-9(7-3-1)8-4-5-8/h1-2,7-8H,4-6H2. The molecular formula is C8H10N. The average molecular weight is 120 g/mol. The van der Waals surface area contributed by atoms with Crippen molar-refractivity contribution < 1.29 is 0 Å². The van der Waals surface area contributed by atoms with E-state index in [0.29, 0.717) is 0 Å². The molecule has 1 nitrogen and oxygen atoms in total. The van der Waals surface area contributed by atoms with Crippen molar-refractivity contribution in [2.75, 3.05) is 6.54 Å². The quantitative estimate of drug-likeness (QED) is 0.504. The summed E-state index contributed by atoms with van der Waals surface area (Å²) in [6.45, 7) is 1.09. The van der Waals surface area contributed by atoms with E-state index in [0.717, 1.165) is 12.6 Å². The first-order valence-corrected chi connectivity index (χ1v) is 3.47. The Hall–Kier alpha value is -0.720. The van der Waals surface area contributed by atoms with Gasteiger partial charge >= 0.3 is 0 Å². The van der Waals surface area contributed by atoms with Crippen molar-refractivity contribution >= 4 is 0 Å². The van der Waals surface area contributed by atoms with Gasteiger partial charge in [0.1, 0.15) is 0 Å². The second-order valence-electron chi connectivity index (χ2n) is 2.63. The number of hydrogen-bond donors (Lipinski definition) is 0. The monoisotopic (exact) mass is 120 g/mol. The molecule has 1 saturated carbocycles. The van der Waals surface area contributed by atoms with Gasteiger partial charge in [-0.25, -0.2) is 0 Å². The zero-order chi connectivity index (χ0) is 6.10. The maximum atomic E-state index is 3.08. The fourth-order valence-electron chi connectivity index (χ4n) is 1.09. The summed E-state index contributed by atoms with van der Waals surface area (Å²) in [6.07, 6.45) is 12.0. The van der Waals surface area contributed by atoms with E-state index in [-0.39, 0.29) is 0 Å². The Morgan fingerprint density at radius 2 is 2.33 bits per heavy atom. The second kappa shape index (κ2) is 1.90. The lowest BCUT2D eigenvalue weighted by Crippen LogP contribution is -2.20. The zero-order valence-electron chi connectivity index (χ0n) is 5.38. The highest BCUT2D eigenvalue weighted by atomic mass is 15.2. The highest BCUT2D eigenvalue weighted by molar-refractivity contribution is 5.06. The van der Waals surface area contributed by atoms with Crippen LogP contribution in [0, 0.1) is 6.08 Å². The van der Waals surface area contributed by atoms with Crippen LogP contribution in [0.3, 0.4) is 0 Å². The SMILES string of the molecule is [C]1=CN(C2CC2)CC=C1. The first-order chi connectivity index (χ1) is 4.47. The maximum absolute atomic E-state index is 3.08. The van der Waals surface area contributed by atoms with E-state index in [1.54, 1.807) is 0 Å². The Balaban J connectivity index is 1.98. The molecule has 0 aromatic carbocycles. The van der Waals surface area contributed by atoms with Crippen LogP contribution in [0.4, 0.5) is 0 Å². The summed E-state index contributed by atoms with van der Waals surface area (Å²) in [5, 5.41) is 0. The minimum absolute atomic E-state index is 0.849. The molecule has 0 aromatic rings. The van der Waals surface area contributed by atoms with Gasteiger partial charge in [0.15, 0.2) is 0 Å². The molecule has 0 aromatic heterocycles. The van der Waals surface area contributed by atoms with Crippen molar-refractivity contribution in [3.8, 4) is 0 Å². The Labute approximate surface area is 55.7 Å². The summed E-state index contributed by atoms with van der Waals surface area (Å²) >= 11 is 0. The second-order valence-corrected chi connectivity index (χ2v) is 2.63. The summed E-state index contributed by atoms with van der Waals surface area (Å²) in [6, 6.07) is 0.849. The summed E-state index contributed by atoms with van der Waals surface area (Å²) in [5.74, 6) is 0. The molecule has 0 bridgehead atoms. The van der Waals surface area contributed by atoms with Gasteiger partial charge in [-0.05, 0) is 18.9 Å². The van der Waals surface area contributed by atoms with Gasteiger partial charge in [0.25, 0.3) is 0 Å². The highest BCUT2D eigenvalue weighted by Crippen LogP contribution is 2.27. The highest BCUT2D eigenvalue weighted by Gasteiger charge is 2.26. The van der Waals surface area contributed by atoms with Gasteiger partial charge in [0.05, 0.1) is 0 Å². The molecule has 0 atom stereocenters. The van der Waals surface area contributed by atoms with Gasteiger partial charge in [0, 0.05) is 18.8 Å². The number of rotatable bonds is 1. The summed E-state index contributed by atoms with van der Waals surface area (Å²) < 4.78 is 0. The fourth-order valence-corrected chi connectivity index (χ4v) is 1.09. The van der Waals surface area contributed by atoms with E-state index in [4.69, 9.17) is 0 Å². The van der Waals surface area contributed by atoms with Crippen LogP contribution in [0.2, 0.25) is 0 Å². The predicted octanol–water partition coefficient (Wildman–Crippen LogP) is 1.34. The first kappa shape index (κ1) is 5.10. The minimum Gasteiger partial charge on any atom is -0.370 e. The third-order valence-corrected chi connectivity index (χ3v) is 1.79. The third-order valence-electron chi connectivity index (χ3n) is 1.79. The zero-order valence-corrected chi connectivity index (χ0v) is 5.38. The molecule has 2 aliphatic rings. The molecule has 1 heterocycles. The van der Waals surface area contributed by atoms with E-state index in [2.05, 4.69) is 23.3 Å². The van der Waals surface area contributed by atoms with Gasteiger partial charge in [0.2, 0.25) is 0 Å². The molecule has 9 heavy (non-hydrogen) atoms. The molecule has 0 saturated heterocycles. The summed E-state index contributed by atoms with van der Waals surface area (Å²) in [7, 11) is 0. The van der Waals surface area contributed by atoms with Crippen LogP contribution in [0.1, 0.15) is 12.8 Å². The molecule has 0 amide bonds. The molecule has 0 spiro atoms. The maximum Gasteiger partial charge on any atom is 0.0360 e. The van der Waals surface area contributed by atoms with E-state index in [1.807, 2.05) is 6.08 Å². The summed E-state index contributed by atoms with van der Waals surface area (Å²) in [5.41, 5.74) is 0. The largest absolute Gasteiger partial charge is 0.370 e. The Morgan fingerprint density at radius 1 is 1.44 bits per heavy atom. The van der Waals surface area contributed by atoms with E-state index in [9.17, 15) is 0 Å². The van der Waals surface area contributed by atoms with Gasteiger partial charge in [-0.3, -0.25) is 0 Å². The molecule has 1 aliphatic carbocycles. The molecule has 1 heteroatoms. The number of allylic oxidation sites excluding steroid dienone is 2. The molecule has 0 N–H and O–H groups in total. The van der Waals surface area contributed by atoms with Crippen LogP contribution in [0.15, 0.2) is 18.4 Å². The van der Waals surface area contributed by atoms with Crippen LogP contribution < -0.4 is 0 Å². The van der Waals surface area contributed by atoms with E-state index < -0.39 is 0 Å². The van der Waals surface area contributed by atoms with Crippen molar-refractivity contribution in [2.24, 2.45) is 0 Å². The van der Waals surface area contributed by atoms with Gasteiger partial charge in [-0.2, -0.15) is 0 Å². The first-order valence-electron chi connectivity index (χ1n) is 3.47. The van der Waals surface area contributed by atoms with Gasteiger partial charge in [-0.15, -0.1) is 0 Å². The lowest BCUT2D eigenvalue weighted by atomic mass is 10.3. The average Bonchev–Trinajstić information content (AvgIpc) is 2.71. The number of nitrogens with zero attached hydrogens (tertiary/aromatic N) is 1.